The molecule has 354 valence electrons. The highest BCUT2D eigenvalue weighted by atomic mass is 32.3. The minimum Gasteiger partial charge on any atom is -0.347 e. The van der Waals surface area contributed by atoms with Gasteiger partial charge < -0.3 is 9.47 Å². The number of ether oxygens (including phenoxy) is 2. The van der Waals surface area contributed by atoms with E-state index in [0.29, 0.717) is 0 Å². The quantitative estimate of drug-likeness (QED) is 0.0363. The van der Waals surface area contributed by atoms with Gasteiger partial charge in [-0.2, -0.15) is 75.8 Å². The Kier molecular flexibility index (Phi) is 19.0. The molecule has 0 radical (unpaired) electrons. The minimum absolute atomic E-state index is 1.95. The normalized spacial score (nSPS) is 24.3. The lowest BCUT2D eigenvalue weighted by molar-refractivity contribution is -0.292. The van der Waals surface area contributed by atoms with Gasteiger partial charge in [-0.3, -0.25) is 41.0 Å². The Hall–Kier alpha value is -1.25. The Balaban J connectivity index is 4.25. The van der Waals surface area contributed by atoms with Crippen LogP contribution in [0, 0.1) is 0 Å². The van der Waals surface area contributed by atoms with Gasteiger partial charge in [-0.1, -0.05) is 0 Å². The third-order valence-electron chi connectivity index (χ3n) is 5.49. The molecule has 0 bridgehead atoms. The third-order valence-corrected chi connectivity index (χ3v) is 9.66. The molecule has 1 aliphatic rings. The van der Waals surface area contributed by atoms with Crippen LogP contribution in [-0.2, 0) is 141 Å². The van der Waals surface area contributed by atoms with Crippen LogP contribution < -0.4 is 0 Å². The lowest BCUT2D eigenvalue weighted by Crippen LogP contribution is -2.63. The van der Waals surface area contributed by atoms with Crippen molar-refractivity contribution in [2.75, 3.05) is 19.8 Å². The van der Waals surface area contributed by atoms with Gasteiger partial charge in [-0.25, -0.2) is 37.6 Å². The van der Waals surface area contributed by atoms with Gasteiger partial charge in [-0.05, 0) is 0 Å². The monoisotopic (exact) mass is 1060 g/mol. The van der Waals surface area contributed by atoms with Crippen molar-refractivity contribution >= 4 is 93.6 Å². The van der Waals surface area contributed by atoms with Crippen molar-refractivity contribution in [3.63, 3.8) is 0 Å². The zero-order valence-corrected chi connectivity index (χ0v) is 34.2. The van der Waals surface area contributed by atoms with Gasteiger partial charge in [0.1, 0.15) is 42.7 Å². The summed E-state index contributed by atoms with van der Waals surface area (Å²) in [5, 5.41) is 0. The van der Waals surface area contributed by atoms with Crippen LogP contribution in [-0.4, -0.2) is 192 Å². The molecule has 0 spiro atoms. The van der Waals surface area contributed by atoms with E-state index in [9.17, 15) is 103 Å². The van der Waals surface area contributed by atoms with E-state index in [0.717, 1.165) is 0 Å². The first kappa shape index (κ1) is 55.8. The van der Waals surface area contributed by atoms with Gasteiger partial charge in [-0.15, -0.1) is 0 Å². The summed E-state index contributed by atoms with van der Waals surface area (Å²) in [6.07, 6.45) is -30.7. The minimum atomic E-state index is -6.43. The highest BCUT2D eigenvalue weighted by Crippen LogP contribution is 2.33. The van der Waals surface area contributed by atoms with Crippen molar-refractivity contribution < 1.29 is 164 Å². The Bertz CT molecular complexity index is 2470. The van der Waals surface area contributed by atoms with E-state index in [2.05, 4.69) is 37.6 Å². The van der Waals surface area contributed by atoms with Crippen molar-refractivity contribution in [1.29, 1.82) is 0 Å². The molecule has 1 aliphatic heterocycles. The van der Waals surface area contributed by atoms with Crippen LogP contribution >= 0.6 is 0 Å². The standard InChI is InChI=1S/C12H24O38S9/c13-51(14,15)41-2-4-7(46-55(25,26)27)10(49-58(34,35)36)11(50-59(37,38)39)12(43-4)40-1-5(44-53(19,20)21)8(47-56(28,29)30)9(48-57(31,32)33)6(45-54(22,23)24)3-42-52(16,17)18/h4-12H,1-3H2,(H,13,14,15)(H,16,17,18)(H,19,20,21)(H,22,23,24)(H,25,26,27)(H,28,29,30)(H,31,32,33)(H,34,35,36)(H,37,38,39)/t4-,5+,6-,7-,8-,9-,10+,11-,12-/m1/s1. The van der Waals surface area contributed by atoms with E-state index < -0.39 is 169 Å². The van der Waals surface area contributed by atoms with Crippen LogP contribution in [0.15, 0.2) is 0 Å². The summed E-state index contributed by atoms with van der Waals surface area (Å²) in [4.78, 5) is 0. The SMILES string of the molecule is O=S(=O)(O)OC[C@H]1O[C@@H](OC[C@H](OS(=O)(=O)O)[C@@H](OS(=O)(=O)O)[C@H](OS(=O)(=O)O)[C@@H](COS(=O)(=O)O)OS(=O)(=O)O)[C@H](OS(=O)(=O)O)[C@@H](OS(=O)(=O)O)[C@@H]1OS(=O)(=O)O. The molecule has 0 aliphatic carbocycles. The lowest BCUT2D eigenvalue weighted by atomic mass is 9.99. The number of hydrogen-bond acceptors (Lipinski definition) is 29. The van der Waals surface area contributed by atoms with E-state index in [1.54, 1.807) is 0 Å². The van der Waals surface area contributed by atoms with Crippen LogP contribution in [0.2, 0.25) is 0 Å². The summed E-state index contributed by atoms with van der Waals surface area (Å²) >= 11 is 0. The average molecular weight is 1060 g/mol. The van der Waals surface area contributed by atoms with Gasteiger partial charge in [0.25, 0.3) is 0 Å². The van der Waals surface area contributed by atoms with Crippen molar-refractivity contribution in [3.8, 4) is 0 Å². The maximum absolute atomic E-state index is 11.8. The average Bonchev–Trinajstić information content (AvgIpc) is 2.92. The molecule has 9 N–H and O–H groups in total. The lowest BCUT2D eigenvalue weighted by Gasteiger charge is -2.43. The Labute approximate surface area is 331 Å². The van der Waals surface area contributed by atoms with Gasteiger partial charge in [0.2, 0.25) is 0 Å². The molecule has 0 unspecified atom stereocenters. The molecule has 38 nitrogen and oxygen atoms in total. The summed E-state index contributed by atoms with van der Waals surface area (Å²) < 4.78 is 336. The van der Waals surface area contributed by atoms with Crippen LogP contribution in [0.5, 0.6) is 0 Å². The molecule has 1 saturated heterocycles. The highest BCUT2D eigenvalue weighted by molar-refractivity contribution is 7.82. The molecule has 47 heteroatoms. The van der Waals surface area contributed by atoms with Crippen LogP contribution in [0.3, 0.4) is 0 Å². The second-order valence-electron chi connectivity index (χ2n) is 9.87. The molecule has 0 aromatic carbocycles. The summed E-state index contributed by atoms with van der Waals surface area (Å²) in [5.74, 6) is 0. The zero-order chi connectivity index (χ0) is 46.6. The molecule has 1 rings (SSSR count). The smallest absolute Gasteiger partial charge is 0.347 e. The van der Waals surface area contributed by atoms with Crippen molar-refractivity contribution in [2.45, 2.75) is 55.1 Å². The van der Waals surface area contributed by atoms with E-state index in [4.69, 9.17) is 23.1 Å². The topological polar surface area (TPSA) is 591 Å². The molecule has 0 aromatic rings. The van der Waals surface area contributed by atoms with Crippen LogP contribution in [0.4, 0.5) is 0 Å². The number of rotatable bonds is 26. The number of hydrogen-bond donors (Lipinski definition) is 9. The first-order chi connectivity index (χ1) is 25.8. The third kappa shape index (κ3) is 24.8. The summed E-state index contributed by atoms with van der Waals surface area (Å²) in [5.41, 5.74) is 0. The molecule has 9 atom stereocenters. The first-order valence-corrected chi connectivity index (χ1v) is 25.2. The molecule has 0 aromatic heterocycles. The maximum Gasteiger partial charge on any atom is 0.397 e. The van der Waals surface area contributed by atoms with E-state index in [1.165, 1.54) is 0 Å². The Morgan fingerprint density at radius 3 is 1.07 bits per heavy atom. The molecular formula is C12H24O38S9. The second kappa shape index (κ2) is 20.1. The Morgan fingerprint density at radius 2 is 0.729 bits per heavy atom. The van der Waals surface area contributed by atoms with E-state index in [-0.39, 0.29) is 0 Å². The van der Waals surface area contributed by atoms with Gasteiger partial charge in [0, 0.05) is 0 Å². The summed E-state index contributed by atoms with van der Waals surface area (Å²) in [6.45, 7) is -6.58. The predicted molar refractivity (Wildman–Crippen MR) is 165 cm³/mol. The van der Waals surface area contributed by atoms with Crippen molar-refractivity contribution in [2.24, 2.45) is 0 Å². The largest absolute Gasteiger partial charge is 0.397 e. The van der Waals surface area contributed by atoms with Crippen molar-refractivity contribution in [3.05, 3.63) is 0 Å². The predicted octanol–water partition coefficient (Wildman–Crippen LogP) is -7.32. The van der Waals surface area contributed by atoms with E-state index in [1.807, 2.05) is 0 Å². The maximum atomic E-state index is 11.8. The molecule has 1 fully saturated rings. The molecule has 0 amide bonds. The van der Waals surface area contributed by atoms with Crippen LogP contribution in [0.1, 0.15) is 0 Å². The van der Waals surface area contributed by atoms with Gasteiger partial charge >= 0.3 is 93.6 Å². The van der Waals surface area contributed by atoms with Crippen molar-refractivity contribution in [1.82, 2.24) is 0 Å². The molecule has 0 saturated carbocycles. The molecular weight excluding hydrogens is 1040 g/mol. The Morgan fingerprint density at radius 1 is 0.390 bits per heavy atom. The van der Waals surface area contributed by atoms with Gasteiger partial charge in [0.05, 0.1) is 19.8 Å². The molecule has 59 heavy (non-hydrogen) atoms. The summed E-state index contributed by atoms with van der Waals surface area (Å²) in [7, 11) is -55.4. The zero-order valence-electron chi connectivity index (χ0n) is 26.9. The summed E-state index contributed by atoms with van der Waals surface area (Å²) in [6, 6.07) is 0. The fraction of sp³-hybridized carbons (Fsp3) is 1.00. The van der Waals surface area contributed by atoms with Gasteiger partial charge in [0.15, 0.2) is 12.4 Å². The first-order valence-electron chi connectivity index (χ1n) is 12.9. The molecule has 1 heterocycles. The fourth-order valence-electron chi connectivity index (χ4n) is 4.00. The second-order valence-corrected chi connectivity index (χ2v) is 19.4. The van der Waals surface area contributed by atoms with E-state index >= 15 is 0 Å². The van der Waals surface area contributed by atoms with Crippen LogP contribution in [0.25, 0.3) is 0 Å². The fourth-order valence-corrected chi connectivity index (χ4v) is 8.09. The highest BCUT2D eigenvalue weighted by Gasteiger charge is 2.55.